The Morgan fingerprint density at radius 1 is 1.44 bits per heavy atom. The number of nitrogens with two attached hydrogens (primary N) is 1. The van der Waals surface area contributed by atoms with Crippen LogP contribution in [0.5, 0.6) is 5.88 Å². The predicted molar refractivity (Wildman–Crippen MR) is 65.8 cm³/mol. The van der Waals surface area contributed by atoms with Crippen LogP contribution in [0.3, 0.4) is 0 Å². The van der Waals surface area contributed by atoms with Gasteiger partial charge in [-0.15, -0.1) is 0 Å². The third kappa shape index (κ3) is 2.98. The maximum Gasteiger partial charge on any atom is 0.242 e. The molecule has 90 valence electrons. The summed E-state index contributed by atoms with van der Waals surface area (Å²) in [6.45, 7) is 6.90. The van der Waals surface area contributed by atoms with Gasteiger partial charge in [0.1, 0.15) is 12.0 Å². The van der Waals surface area contributed by atoms with Crippen LogP contribution < -0.4 is 15.4 Å². The molecular formula is C11H20N4O. The maximum absolute atomic E-state index is 5.97. The van der Waals surface area contributed by atoms with Crippen LogP contribution in [0.15, 0.2) is 6.33 Å². The van der Waals surface area contributed by atoms with Crippen molar-refractivity contribution in [2.45, 2.75) is 33.3 Å². The quantitative estimate of drug-likeness (QED) is 0.824. The van der Waals surface area contributed by atoms with Gasteiger partial charge in [-0.05, 0) is 20.3 Å². The van der Waals surface area contributed by atoms with Gasteiger partial charge in [0.25, 0.3) is 0 Å². The van der Waals surface area contributed by atoms with Crippen LogP contribution in [0.2, 0.25) is 0 Å². The molecule has 0 spiro atoms. The Labute approximate surface area is 96.6 Å². The molecule has 0 atom stereocenters. The van der Waals surface area contributed by atoms with Crippen LogP contribution in [0.4, 0.5) is 11.5 Å². The molecule has 0 bridgehead atoms. The van der Waals surface area contributed by atoms with Gasteiger partial charge in [-0.25, -0.2) is 4.98 Å². The number of nitrogen functional groups attached to an aromatic ring is 1. The van der Waals surface area contributed by atoms with E-state index >= 15 is 0 Å². The van der Waals surface area contributed by atoms with Crippen molar-refractivity contribution >= 4 is 11.5 Å². The topological polar surface area (TPSA) is 64.3 Å². The van der Waals surface area contributed by atoms with Crippen molar-refractivity contribution in [3.63, 3.8) is 0 Å². The molecule has 0 amide bonds. The van der Waals surface area contributed by atoms with E-state index in [-0.39, 0.29) is 6.10 Å². The molecule has 0 aliphatic heterocycles. The van der Waals surface area contributed by atoms with E-state index in [9.17, 15) is 0 Å². The number of anilines is 2. The molecule has 1 heterocycles. The van der Waals surface area contributed by atoms with Gasteiger partial charge in [-0.1, -0.05) is 6.92 Å². The molecule has 0 aromatic carbocycles. The maximum atomic E-state index is 5.97. The standard InChI is InChI=1S/C11H20N4O/c1-5-6-15(4)10-9(12)11(14-7-13-10)16-8(2)3/h7-8H,5-6,12H2,1-4H3. The number of hydrogen-bond donors (Lipinski definition) is 1. The van der Waals surface area contributed by atoms with E-state index in [0.29, 0.717) is 11.6 Å². The molecule has 5 nitrogen and oxygen atoms in total. The second-order valence-electron chi connectivity index (χ2n) is 4.00. The van der Waals surface area contributed by atoms with E-state index < -0.39 is 0 Å². The van der Waals surface area contributed by atoms with Crippen molar-refractivity contribution in [2.75, 3.05) is 24.2 Å². The summed E-state index contributed by atoms with van der Waals surface area (Å²) < 4.78 is 5.51. The van der Waals surface area contributed by atoms with Crippen LogP contribution in [-0.2, 0) is 0 Å². The average Bonchev–Trinajstić information content (AvgIpc) is 2.21. The Morgan fingerprint density at radius 3 is 2.69 bits per heavy atom. The summed E-state index contributed by atoms with van der Waals surface area (Å²) in [6, 6.07) is 0. The predicted octanol–water partition coefficient (Wildman–Crippen LogP) is 1.69. The molecule has 0 fully saturated rings. The summed E-state index contributed by atoms with van der Waals surface area (Å²) in [5.74, 6) is 1.19. The number of aromatic nitrogens is 2. The first-order valence-corrected chi connectivity index (χ1v) is 5.54. The van der Waals surface area contributed by atoms with E-state index in [2.05, 4.69) is 16.9 Å². The Bertz CT molecular complexity index is 341. The Balaban J connectivity index is 2.94. The number of hydrogen-bond acceptors (Lipinski definition) is 5. The molecule has 0 radical (unpaired) electrons. The van der Waals surface area contributed by atoms with Crippen LogP contribution in [0, 0.1) is 0 Å². The fourth-order valence-electron chi connectivity index (χ4n) is 1.43. The summed E-state index contributed by atoms with van der Waals surface area (Å²) in [5.41, 5.74) is 6.48. The average molecular weight is 224 g/mol. The highest BCUT2D eigenvalue weighted by molar-refractivity contribution is 5.67. The SMILES string of the molecule is CCCN(C)c1ncnc(OC(C)C)c1N. The Hall–Kier alpha value is -1.52. The van der Waals surface area contributed by atoms with Gasteiger partial charge in [0.15, 0.2) is 5.82 Å². The highest BCUT2D eigenvalue weighted by Crippen LogP contribution is 2.27. The number of ether oxygens (including phenoxy) is 1. The molecule has 0 aliphatic carbocycles. The lowest BCUT2D eigenvalue weighted by Gasteiger charge is -2.20. The monoisotopic (exact) mass is 224 g/mol. The van der Waals surface area contributed by atoms with Crippen LogP contribution in [0.1, 0.15) is 27.2 Å². The molecule has 1 aromatic heterocycles. The second kappa shape index (κ2) is 5.53. The molecular weight excluding hydrogens is 204 g/mol. The third-order valence-electron chi connectivity index (χ3n) is 2.09. The zero-order valence-corrected chi connectivity index (χ0v) is 10.4. The molecule has 0 aliphatic rings. The summed E-state index contributed by atoms with van der Waals surface area (Å²) in [6.07, 6.45) is 2.58. The summed E-state index contributed by atoms with van der Waals surface area (Å²) in [5, 5.41) is 0. The lowest BCUT2D eigenvalue weighted by Crippen LogP contribution is -2.21. The molecule has 0 saturated carbocycles. The lowest BCUT2D eigenvalue weighted by molar-refractivity contribution is 0.234. The zero-order chi connectivity index (χ0) is 12.1. The zero-order valence-electron chi connectivity index (χ0n) is 10.4. The van der Waals surface area contributed by atoms with Crippen molar-refractivity contribution in [1.29, 1.82) is 0 Å². The molecule has 0 saturated heterocycles. The molecule has 0 unspecified atom stereocenters. The summed E-state index contributed by atoms with van der Waals surface area (Å²) in [4.78, 5) is 10.2. The van der Waals surface area contributed by atoms with Crippen LogP contribution in [0.25, 0.3) is 0 Å². The van der Waals surface area contributed by atoms with Crippen molar-refractivity contribution < 1.29 is 4.74 Å². The van der Waals surface area contributed by atoms with E-state index in [4.69, 9.17) is 10.5 Å². The molecule has 1 aromatic rings. The summed E-state index contributed by atoms with van der Waals surface area (Å²) >= 11 is 0. The van der Waals surface area contributed by atoms with Crippen molar-refractivity contribution in [3.05, 3.63) is 6.33 Å². The fraction of sp³-hybridized carbons (Fsp3) is 0.636. The first-order chi connectivity index (χ1) is 7.56. The van der Waals surface area contributed by atoms with E-state index in [1.165, 1.54) is 6.33 Å². The highest BCUT2D eigenvalue weighted by Gasteiger charge is 2.13. The minimum absolute atomic E-state index is 0.0570. The fourth-order valence-corrected chi connectivity index (χ4v) is 1.43. The van der Waals surface area contributed by atoms with Crippen molar-refractivity contribution in [2.24, 2.45) is 0 Å². The third-order valence-corrected chi connectivity index (χ3v) is 2.09. The first kappa shape index (κ1) is 12.5. The van der Waals surface area contributed by atoms with Gasteiger partial charge in [0.2, 0.25) is 5.88 Å². The molecule has 5 heteroatoms. The van der Waals surface area contributed by atoms with Gasteiger partial charge in [0.05, 0.1) is 6.10 Å². The second-order valence-corrected chi connectivity index (χ2v) is 4.00. The van der Waals surface area contributed by atoms with E-state index in [0.717, 1.165) is 18.8 Å². The van der Waals surface area contributed by atoms with Gasteiger partial charge in [-0.2, -0.15) is 4.98 Å². The van der Waals surface area contributed by atoms with E-state index in [1.807, 2.05) is 25.8 Å². The van der Waals surface area contributed by atoms with Gasteiger partial charge in [0, 0.05) is 13.6 Å². The van der Waals surface area contributed by atoms with Gasteiger partial charge >= 0.3 is 0 Å². The molecule has 2 N–H and O–H groups in total. The molecule has 16 heavy (non-hydrogen) atoms. The van der Waals surface area contributed by atoms with Crippen LogP contribution >= 0.6 is 0 Å². The Kier molecular flexibility index (Phi) is 4.34. The largest absolute Gasteiger partial charge is 0.473 e. The summed E-state index contributed by atoms with van der Waals surface area (Å²) in [7, 11) is 1.96. The smallest absolute Gasteiger partial charge is 0.242 e. The van der Waals surface area contributed by atoms with Crippen molar-refractivity contribution in [3.8, 4) is 5.88 Å². The lowest BCUT2D eigenvalue weighted by atomic mass is 10.4. The normalized spacial score (nSPS) is 10.6. The molecule has 1 rings (SSSR count). The van der Waals surface area contributed by atoms with Gasteiger partial charge in [-0.3, -0.25) is 0 Å². The Morgan fingerprint density at radius 2 is 2.12 bits per heavy atom. The number of nitrogens with zero attached hydrogens (tertiary/aromatic N) is 3. The van der Waals surface area contributed by atoms with E-state index in [1.54, 1.807) is 0 Å². The van der Waals surface area contributed by atoms with Gasteiger partial charge < -0.3 is 15.4 Å². The minimum atomic E-state index is 0.0570. The minimum Gasteiger partial charge on any atom is -0.473 e. The van der Waals surface area contributed by atoms with Crippen molar-refractivity contribution in [1.82, 2.24) is 9.97 Å². The number of rotatable bonds is 5. The first-order valence-electron chi connectivity index (χ1n) is 5.54. The van der Waals surface area contributed by atoms with Crippen LogP contribution in [-0.4, -0.2) is 29.7 Å². The highest BCUT2D eigenvalue weighted by atomic mass is 16.5.